The zero-order chi connectivity index (χ0) is 16.1. The van der Waals surface area contributed by atoms with E-state index in [0.29, 0.717) is 5.56 Å². The van der Waals surface area contributed by atoms with Crippen molar-refractivity contribution >= 4 is 23.6 Å². The number of aromatic hydroxyl groups is 2. The summed E-state index contributed by atoms with van der Waals surface area (Å²) in [6, 6.07) is 10.0. The summed E-state index contributed by atoms with van der Waals surface area (Å²) >= 11 is 0. The van der Waals surface area contributed by atoms with E-state index in [0.717, 1.165) is 12.1 Å². The molecule has 0 heterocycles. The molecule has 0 unspecified atom stereocenters. The first-order chi connectivity index (χ1) is 10.5. The first-order valence-corrected chi connectivity index (χ1v) is 6.31. The monoisotopic (exact) mass is 299 g/mol. The SMILES string of the molecule is O=C(/C=C/c1ccccc1O)Nc1cc(O)ccc1C(=O)O. The Kier molecular flexibility index (Phi) is 4.43. The van der Waals surface area contributed by atoms with Gasteiger partial charge in [0.15, 0.2) is 0 Å². The van der Waals surface area contributed by atoms with Crippen LogP contribution in [0.3, 0.4) is 0 Å². The normalized spacial score (nSPS) is 10.5. The molecule has 22 heavy (non-hydrogen) atoms. The van der Waals surface area contributed by atoms with E-state index in [9.17, 15) is 19.8 Å². The van der Waals surface area contributed by atoms with Crippen LogP contribution in [0.5, 0.6) is 11.5 Å². The van der Waals surface area contributed by atoms with Crippen LogP contribution in [0.25, 0.3) is 6.08 Å². The minimum absolute atomic E-state index is 0.0144. The van der Waals surface area contributed by atoms with Crippen molar-refractivity contribution in [1.82, 2.24) is 0 Å². The van der Waals surface area contributed by atoms with Gasteiger partial charge >= 0.3 is 5.97 Å². The maximum absolute atomic E-state index is 11.8. The highest BCUT2D eigenvalue weighted by Gasteiger charge is 2.12. The first-order valence-electron chi connectivity index (χ1n) is 6.31. The summed E-state index contributed by atoms with van der Waals surface area (Å²) in [5.74, 6) is -1.95. The lowest BCUT2D eigenvalue weighted by molar-refractivity contribution is -0.111. The molecule has 0 aromatic heterocycles. The zero-order valence-electron chi connectivity index (χ0n) is 11.4. The Balaban J connectivity index is 2.18. The average molecular weight is 299 g/mol. The van der Waals surface area contributed by atoms with Crippen molar-refractivity contribution in [2.45, 2.75) is 0 Å². The molecule has 0 atom stereocenters. The van der Waals surface area contributed by atoms with E-state index in [2.05, 4.69) is 5.32 Å². The second kappa shape index (κ2) is 6.45. The molecule has 0 fully saturated rings. The molecule has 0 bridgehead atoms. The number of phenolic OH excluding ortho intramolecular Hbond substituents is 2. The van der Waals surface area contributed by atoms with Crippen LogP contribution >= 0.6 is 0 Å². The largest absolute Gasteiger partial charge is 0.508 e. The van der Waals surface area contributed by atoms with E-state index < -0.39 is 11.9 Å². The minimum Gasteiger partial charge on any atom is -0.508 e. The fourth-order valence-corrected chi connectivity index (χ4v) is 1.79. The second-order valence-corrected chi connectivity index (χ2v) is 4.42. The van der Waals surface area contributed by atoms with Crippen molar-refractivity contribution in [3.05, 3.63) is 59.7 Å². The zero-order valence-corrected chi connectivity index (χ0v) is 11.4. The quantitative estimate of drug-likeness (QED) is 0.649. The van der Waals surface area contributed by atoms with Crippen molar-refractivity contribution < 1.29 is 24.9 Å². The van der Waals surface area contributed by atoms with Gasteiger partial charge in [-0.05, 0) is 24.3 Å². The molecular weight excluding hydrogens is 286 g/mol. The molecule has 2 aromatic carbocycles. The number of rotatable bonds is 4. The lowest BCUT2D eigenvalue weighted by Gasteiger charge is -2.07. The summed E-state index contributed by atoms with van der Waals surface area (Å²) in [6.07, 6.45) is 2.55. The van der Waals surface area contributed by atoms with Gasteiger partial charge in [-0.25, -0.2) is 4.79 Å². The number of carbonyl (C=O) groups is 2. The highest BCUT2D eigenvalue weighted by Crippen LogP contribution is 2.22. The van der Waals surface area contributed by atoms with Crippen molar-refractivity contribution in [3.63, 3.8) is 0 Å². The van der Waals surface area contributed by atoms with Gasteiger partial charge in [-0.15, -0.1) is 0 Å². The fourth-order valence-electron chi connectivity index (χ4n) is 1.79. The third-order valence-corrected chi connectivity index (χ3v) is 2.84. The highest BCUT2D eigenvalue weighted by molar-refractivity contribution is 6.06. The molecule has 0 spiro atoms. The van der Waals surface area contributed by atoms with Crippen LogP contribution in [0.1, 0.15) is 15.9 Å². The van der Waals surface area contributed by atoms with E-state index >= 15 is 0 Å². The van der Waals surface area contributed by atoms with Crippen LogP contribution in [-0.2, 0) is 4.79 Å². The van der Waals surface area contributed by atoms with Gasteiger partial charge in [0.1, 0.15) is 11.5 Å². The summed E-state index contributed by atoms with van der Waals surface area (Å²) in [7, 11) is 0. The molecule has 0 radical (unpaired) electrons. The van der Waals surface area contributed by atoms with Gasteiger partial charge in [0.2, 0.25) is 5.91 Å². The van der Waals surface area contributed by atoms with Crippen LogP contribution in [-0.4, -0.2) is 27.2 Å². The number of para-hydroxylation sites is 1. The lowest BCUT2D eigenvalue weighted by atomic mass is 10.1. The number of carbonyl (C=O) groups excluding carboxylic acids is 1. The molecule has 112 valence electrons. The number of aromatic carboxylic acids is 1. The molecular formula is C16H13NO5. The van der Waals surface area contributed by atoms with E-state index in [1.165, 1.54) is 24.3 Å². The molecule has 0 aliphatic carbocycles. The number of benzene rings is 2. The number of nitrogens with one attached hydrogen (secondary N) is 1. The van der Waals surface area contributed by atoms with Gasteiger partial charge in [-0.3, -0.25) is 4.79 Å². The summed E-state index contributed by atoms with van der Waals surface area (Å²) in [4.78, 5) is 22.9. The molecule has 2 rings (SSSR count). The molecule has 6 heteroatoms. The Labute approximate surface area is 126 Å². The van der Waals surface area contributed by atoms with E-state index in [-0.39, 0.29) is 22.7 Å². The van der Waals surface area contributed by atoms with Gasteiger partial charge in [0, 0.05) is 17.7 Å². The molecule has 2 aromatic rings. The highest BCUT2D eigenvalue weighted by atomic mass is 16.4. The number of hydrogen-bond acceptors (Lipinski definition) is 4. The van der Waals surface area contributed by atoms with Crippen LogP contribution in [0.4, 0.5) is 5.69 Å². The Morgan fingerprint density at radius 1 is 1.05 bits per heavy atom. The summed E-state index contributed by atoms with van der Waals surface area (Å²) in [6.45, 7) is 0. The summed E-state index contributed by atoms with van der Waals surface area (Å²) in [5.41, 5.74) is 0.300. The number of amides is 1. The van der Waals surface area contributed by atoms with E-state index in [1.54, 1.807) is 18.2 Å². The van der Waals surface area contributed by atoms with Crippen molar-refractivity contribution in [2.24, 2.45) is 0 Å². The van der Waals surface area contributed by atoms with E-state index in [1.807, 2.05) is 0 Å². The Bertz CT molecular complexity index is 752. The summed E-state index contributed by atoms with van der Waals surface area (Å²) < 4.78 is 0. The number of carboxylic acid groups (broad SMARTS) is 1. The van der Waals surface area contributed by atoms with Crippen LogP contribution in [0.15, 0.2) is 48.5 Å². The topological polar surface area (TPSA) is 107 Å². The van der Waals surface area contributed by atoms with Gasteiger partial charge in [-0.1, -0.05) is 18.2 Å². The fraction of sp³-hybridized carbons (Fsp3) is 0. The van der Waals surface area contributed by atoms with Gasteiger partial charge < -0.3 is 20.6 Å². The van der Waals surface area contributed by atoms with Gasteiger partial charge in [-0.2, -0.15) is 0 Å². The second-order valence-electron chi connectivity index (χ2n) is 4.42. The van der Waals surface area contributed by atoms with Crippen LogP contribution in [0.2, 0.25) is 0 Å². The molecule has 1 amide bonds. The molecule has 6 nitrogen and oxygen atoms in total. The third-order valence-electron chi connectivity index (χ3n) is 2.84. The first kappa shape index (κ1) is 15.1. The number of hydrogen-bond donors (Lipinski definition) is 4. The molecule has 0 aliphatic rings. The van der Waals surface area contributed by atoms with Crippen molar-refractivity contribution in [3.8, 4) is 11.5 Å². The molecule has 0 saturated heterocycles. The Morgan fingerprint density at radius 2 is 1.77 bits per heavy atom. The predicted molar refractivity (Wildman–Crippen MR) is 80.8 cm³/mol. The summed E-state index contributed by atoms with van der Waals surface area (Å²) in [5, 5.41) is 30.4. The number of phenols is 2. The van der Waals surface area contributed by atoms with Gasteiger partial charge in [0.25, 0.3) is 0 Å². The smallest absolute Gasteiger partial charge is 0.337 e. The number of anilines is 1. The molecule has 0 saturated carbocycles. The minimum atomic E-state index is -1.22. The lowest BCUT2D eigenvalue weighted by Crippen LogP contribution is -2.11. The Hall–Kier alpha value is -3.28. The Morgan fingerprint density at radius 3 is 2.45 bits per heavy atom. The van der Waals surface area contributed by atoms with Crippen LogP contribution < -0.4 is 5.32 Å². The standard InChI is InChI=1S/C16H13NO5/c18-11-6-7-12(16(21)22)13(9-11)17-15(20)8-5-10-3-1-2-4-14(10)19/h1-9,18-19H,(H,17,20)(H,21,22)/b8-5+. The maximum Gasteiger partial charge on any atom is 0.337 e. The van der Waals surface area contributed by atoms with Crippen LogP contribution in [0, 0.1) is 0 Å². The predicted octanol–water partition coefficient (Wildman–Crippen LogP) is 2.45. The van der Waals surface area contributed by atoms with Crippen molar-refractivity contribution in [1.29, 1.82) is 0 Å². The van der Waals surface area contributed by atoms with Crippen molar-refractivity contribution in [2.75, 3.05) is 5.32 Å². The third kappa shape index (κ3) is 3.63. The number of carboxylic acids is 1. The molecule has 4 N–H and O–H groups in total. The van der Waals surface area contributed by atoms with Gasteiger partial charge in [0.05, 0.1) is 11.3 Å². The maximum atomic E-state index is 11.8. The van der Waals surface area contributed by atoms with E-state index in [4.69, 9.17) is 5.11 Å². The molecule has 0 aliphatic heterocycles. The average Bonchev–Trinajstić information content (AvgIpc) is 2.46.